The Morgan fingerprint density at radius 2 is 2.33 bits per heavy atom. The van der Waals surface area contributed by atoms with Crippen LogP contribution in [0, 0.1) is 10.7 Å². The van der Waals surface area contributed by atoms with Crippen LogP contribution >= 0.6 is 12.2 Å². The number of aromatic amines is 1. The van der Waals surface area contributed by atoms with Crippen LogP contribution in [-0.4, -0.2) is 14.5 Å². The van der Waals surface area contributed by atoms with Crippen LogP contribution in [0.15, 0.2) is 18.3 Å². The summed E-state index contributed by atoms with van der Waals surface area (Å²) in [5, 5.41) is 0. The van der Waals surface area contributed by atoms with E-state index < -0.39 is 0 Å². The zero-order valence-electron chi connectivity index (χ0n) is 9.03. The average Bonchev–Trinajstić information content (AvgIpc) is 2.50. The third-order valence-electron chi connectivity index (χ3n) is 2.46. The molecule has 0 spiro atoms. The number of nitrogens with zero attached hydrogens (tertiary/aromatic N) is 2. The molecule has 0 saturated heterocycles. The van der Waals surface area contributed by atoms with Gasteiger partial charge in [-0.3, -0.25) is 0 Å². The number of fused-ring (bicyclic) bond motifs is 1. The second-order valence-electron chi connectivity index (χ2n) is 4.14. The van der Waals surface area contributed by atoms with E-state index in [1.165, 1.54) is 0 Å². The Morgan fingerprint density at radius 1 is 1.53 bits per heavy atom. The number of pyridine rings is 1. The minimum atomic E-state index is 0.681. The first-order chi connectivity index (χ1) is 7.18. The van der Waals surface area contributed by atoms with Crippen molar-refractivity contribution < 1.29 is 0 Å². The molecule has 0 aromatic carbocycles. The summed E-state index contributed by atoms with van der Waals surface area (Å²) in [6.07, 6.45) is 2.93. The summed E-state index contributed by atoms with van der Waals surface area (Å²) in [5.74, 6) is 0.681. The lowest BCUT2D eigenvalue weighted by Crippen LogP contribution is -2.02. The zero-order valence-corrected chi connectivity index (χ0v) is 9.84. The molecule has 3 nitrogen and oxygen atoms in total. The molecule has 2 rings (SSSR count). The van der Waals surface area contributed by atoms with Gasteiger partial charge in [0.25, 0.3) is 0 Å². The first-order valence-electron chi connectivity index (χ1n) is 5.22. The van der Waals surface area contributed by atoms with E-state index in [1.54, 1.807) is 6.20 Å². The fourth-order valence-electron chi connectivity index (χ4n) is 1.58. The molecule has 0 fully saturated rings. The molecule has 0 aliphatic heterocycles. The summed E-state index contributed by atoms with van der Waals surface area (Å²) >= 11 is 5.27. The molecule has 80 valence electrons. The maximum Gasteiger partial charge on any atom is 0.179 e. The largest absolute Gasteiger partial charge is 0.329 e. The number of aryl methyl sites for hydroxylation is 1. The lowest BCUT2D eigenvalue weighted by Gasteiger charge is -2.05. The van der Waals surface area contributed by atoms with Crippen molar-refractivity contribution in [2.75, 3.05) is 0 Å². The maximum atomic E-state index is 5.27. The smallest absolute Gasteiger partial charge is 0.179 e. The van der Waals surface area contributed by atoms with E-state index in [2.05, 4.69) is 28.4 Å². The number of hydrogen-bond donors (Lipinski definition) is 1. The summed E-state index contributed by atoms with van der Waals surface area (Å²) in [7, 11) is 0. The first kappa shape index (κ1) is 10.4. The molecule has 0 radical (unpaired) electrons. The highest BCUT2D eigenvalue weighted by Gasteiger charge is 2.04. The molecule has 0 bridgehead atoms. The van der Waals surface area contributed by atoms with Gasteiger partial charge in [0.1, 0.15) is 0 Å². The summed E-state index contributed by atoms with van der Waals surface area (Å²) in [4.78, 5) is 7.51. The predicted octanol–water partition coefficient (Wildman–Crippen LogP) is 3.14. The Bertz CT molecular complexity index is 510. The van der Waals surface area contributed by atoms with Gasteiger partial charge in [0.15, 0.2) is 10.4 Å². The summed E-state index contributed by atoms with van der Waals surface area (Å²) in [6.45, 7) is 5.37. The van der Waals surface area contributed by atoms with Crippen LogP contribution in [0.4, 0.5) is 0 Å². The van der Waals surface area contributed by atoms with Crippen LogP contribution in [0.5, 0.6) is 0 Å². The van der Waals surface area contributed by atoms with Gasteiger partial charge in [0, 0.05) is 12.7 Å². The number of aromatic nitrogens is 3. The van der Waals surface area contributed by atoms with Gasteiger partial charge in [-0.1, -0.05) is 13.8 Å². The van der Waals surface area contributed by atoms with Crippen LogP contribution < -0.4 is 0 Å². The van der Waals surface area contributed by atoms with Gasteiger partial charge >= 0.3 is 0 Å². The molecular formula is C11H15N3S. The maximum absolute atomic E-state index is 5.27. The van der Waals surface area contributed by atoms with Crippen molar-refractivity contribution in [3.05, 3.63) is 23.1 Å². The topological polar surface area (TPSA) is 33.6 Å². The van der Waals surface area contributed by atoms with Gasteiger partial charge in [0.05, 0.1) is 5.52 Å². The fourth-order valence-corrected chi connectivity index (χ4v) is 1.87. The normalized spacial score (nSPS) is 11.4. The molecule has 0 aliphatic carbocycles. The molecule has 0 saturated carbocycles. The standard InChI is InChI=1S/C11H15N3S/c1-8(2)5-7-14-10-9(13-11(14)15)4-3-6-12-10/h3-4,6,8H,5,7H2,1-2H3,(H,13,15). The van der Waals surface area contributed by atoms with E-state index >= 15 is 0 Å². The lowest BCUT2D eigenvalue weighted by atomic mass is 10.1. The molecule has 1 N–H and O–H groups in total. The molecule has 15 heavy (non-hydrogen) atoms. The fraction of sp³-hybridized carbons (Fsp3) is 0.455. The summed E-state index contributed by atoms with van der Waals surface area (Å²) < 4.78 is 2.84. The molecular weight excluding hydrogens is 206 g/mol. The van der Waals surface area contributed by atoms with Crippen LogP contribution in [-0.2, 0) is 6.54 Å². The van der Waals surface area contributed by atoms with Crippen molar-refractivity contribution in [1.82, 2.24) is 14.5 Å². The number of hydrogen-bond acceptors (Lipinski definition) is 2. The Labute approximate surface area is 94.2 Å². The number of nitrogens with one attached hydrogen (secondary N) is 1. The van der Waals surface area contributed by atoms with Gasteiger partial charge in [-0.05, 0) is 36.7 Å². The zero-order chi connectivity index (χ0) is 10.8. The van der Waals surface area contributed by atoms with Gasteiger partial charge in [-0.25, -0.2) is 4.98 Å². The van der Waals surface area contributed by atoms with Crippen LogP contribution in [0.25, 0.3) is 11.2 Å². The third-order valence-corrected chi connectivity index (χ3v) is 2.78. The van der Waals surface area contributed by atoms with E-state index in [-0.39, 0.29) is 0 Å². The minimum Gasteiger partial charge on any atom is -0.329 e. The van der Waals surface area contributed by atoms with Crippen LogP contribution in [0.2, 0.25) is 0 Å². The lowest BCUT2D eigenvalue weighted by molar-refractivity contribution is 0.518. The van der Waals surface area contributed by atoms with E-state index in [9.17, 15) is 0 Å². The van der Waals surface area contributed by atoms with Gasteiger partial charge < -0.3 is 9.55 Å². The van der Waals surface area contributed by atoms with Crippen LogP contribution in [0.1, 0.15) is 20.3 Å². The molecule has 2 heterocycles. The highest BCUT2D eigenvalue weighted by atomic mass is 32.1. The molecule has 0 unspecified atom stereocenters. The first-order valence-corrected chi connectivity index (χ1v) is 5.63. The van der Waals surface area contributed by atoms with E-state index in [1.807, 2.05) is 12.1 Å². The highest BCUT2D eigenvalue weighted by Crippen LogP contribution is 2.12. The van der Waals surface area contributed by atoms with Crippen molar-refractivity contribution in [1.29, 1.82) is 0 Å². The second-order valence-corrected chi connectivity index (χ2v) is 4.53. The Morgan fingerprint density at radius 3 is 3.07 bits per heavy atom. The molecule has 2 aromatic rings. The summed E-state index contributed by atoms with van der Waals surface area (Å²) in [6, 6.07) is 3.92. The minimum absolute atomic E-state index is 0.681. The Kier molecular flexibility index (Phi) is 2.86. The molecule has 4 heteroatoms. The van der Waals surface area contributed by atoms with Gasteiger partial charge in [-0.15, -0.1) is 0 Å². The summed E-state index contributed by atoms with van der Waals surface area (Å²) in [5.41, 5.74) is 1.98. The monoisotopic (exact) mass is 221 g/mol. The Hall–Kier alpha value is -1.16. The predicted molar refractivity (Wildman–Crippen MR) is 64.4 cm³/mol. The van der Waals surface area contributed by atoms with Gasteiger partial charge in [-0.2, -0.15) is 0 Å². The third kappa shape index (κ3) is 2.09. The SMILES string of the molecule is CC(C)CCn1c(=S)[nH]c2cccnc21. The Balaban J connectivity index is 2.41. The van der Waals surface area contributed by atoms with Crippen molar-refractivity contribution >= 4 is 23.4 Å². The van der Waals surface area contributed by atoms with Crippen molar-refractivity contribution in [3.63, 3.8) is 0 Å². The molecule has 0 atom stereocenters. The average molecular weight is 221 g/mol. The molecule has 0 aliphatic rings. The molecule has 2 aromatic heterocycles. The van der Waals surface area contributed by atoms with Crippen molar-refractivity contribution in [2.45, 2.75) is 26.8 Å². The van der Waals surface area contributed by atoms with E-state index in [0.29, 0.717) is 5.92 Å². The molecule has 0 amide bonds. The number of H-pyrrole nitrogens is 1. The van der Waals surface area contributed by atoms with Crippen molar-refractivity contribution in [2.24, 2.45) is 5.92 Å². The number of imidazole rings is 1. The highest BCUT2D eigenvalue weighted by molar-refractivity contribution is 7.71. The van der Waals surface area contributed by atoms with Crippen molar-refractivity contribution in [3.8, 4) is 0 Å². The van der Waals surface area contributed by atoms with Gasteiger partial charge in [0.2, 0.25) is 0 Å². The second kappa shape index (κ2) is 4.14. The van der Waals surface area contributed by atoms with E-state index in [4.69, 9.17) is 12.2 Å². The number of rotatable bonds is 3. The van der Waals surface area contributed by atoms with Crippen LogP contribution in [0.3, 0.4) is 0 Å². The van der Waals surface area contributed by atoms with E-state index in [0.717, 1.165) is 28.9 Å². The quantitative estimate of drug-likeness (QED) is 0.808.